The molecule has 0 saturated heterocycles. The van der Waals surface area contributed by atoms with Crippen LogP contribution >= 0.6 is 0 Å². The monoisotopic (exact) mass is 418 g/mol. The number of carbonyl (C=O) groups is 1. The van der Waals surface area contributed by atoms with Gasteiger partial charge in [-0.2, -0.15) is 9.78 Å². The van der Waals surface area contributed by atoms with E-state index in [4.69, 9.17) is 9.26 Å². The van der Waals surface area contributed by atoms with Crippen LogP contribution in [0.15, 0.2) is 53.1 Å². The van der Waals surface area contributed by atoms with E-state index in [1.807, 2.05) is 55.5 Å². The molecule has 9 heteroatoms. The average Bonchev–Trinajstić information content (AvgIpc) is 3.43. The molecule has 0 unspecified atom stereocenters. The molecule has 0 bridgehead atoms. The molecule has 0 aliphatic carbocycles. The van der Waals surface area contributed by atoms with Crippen LogP contribution < -0.4 is 0 Å². The third kappa shape index (κ3) is 5.00. The summed E-state index contributed by atoms with van der Waals surface area (Å²) < 4.78 is 10.4. The molecule has 0 radical (unpaired) electrons. The first-order chi connectivity index (χ1) is 15.0. The second-order valence-electron chi connectivity index (χ2n) is 7.46. The zero-order chi connectivity index (χ0) is 21.8. The fourth-order valence-electron chi connectivity index (χ4n) is 2.88. The number of carbonyl (C=O) groups excluding carboxylic acids is 1. The maximum absolute atomic E-state index is 12.1. The predicted molar refractivity (Wildman–Crippen MR) is 112 cm³/mol. The van der Waals surface area contributed by atoms with Crippen LogP contribution in [-0.2, 0) is 22.7 Å². The summed E-state index contributed by atoms with van der Waals surface area (Å²) in [5, 5.41) is 16.0. The number of hydrogen-bond acceptors (Lipinski definition) is 8. The van der Waals surface area contributed by atoms with Gasteiger partial charge in [0.1, 0.15) is 0 Å². The smallest absolute Gasteiger partial charge is 0.330 e. The minimum atomic E-state index is -0.533. The Kier molecular flexibility index (Phi) is 5.83. The number of aromatic nitrogens is 6. The topological polar surface area (TPSA) is 109 Å². The Morgan fingerprint density at radius 3 is 2.42 bits per heavy atom. The molecule has 0 fully saturated rings. The van der Waals surface area contributed by atoms with E-state index in [0.717, 1.165) is 16.7 Å². The van der Waals surface area contributed by atoms with Crippen molar-refractivity contribution in [3.05, 3.63) is 65.5 Å². The molecule has 2 heterocycles. The summed E-state index contributed by atoms with van der Waals surface area (Å²) in [7, 11) is 0. The number of rotatable bonds is 7. The Hall–Kier alpha value is -3.88. The standard InChI is InChI=1S/C22H22N6O3/c1-14(2)16-8-10-17(11-9-16)21-23-19(31-26-21)13-30-20(29)12-28-25-22(24-27-28)18-6-4-15(3)5-7-18/h4-11,14H,12-13H2,1-3H3. The van der Waals surface area contributed by atoms with Crippen LogP contribution in [0.2, 0.25) is 0 Å². The van der Waals surface area contributed by atoms with Crippen molar-refractivity contribution in [2.24, 2.45) is 0 Å². The van der Waals surface area contributed by atoms with Crippen molar-refractivity contribution in [3.63, 3.8) is 0 Å². The molecular weight excluding hydrogens is 396 g/mol. The Balaban J connectivity index is 1.32. The summed E-state index contributed by atoms with van der Waals surface area (Å²) in [6.07, 6.45) is 0. The van der Waals surface area contributed by atoms with Gasteiger partial charge in [0.15, 0.2) is 13.2 Å². The van der Waals surface area contributed by atoms with Crippen molar-refractivity contribution < 1.29 is 14.1 Å². The molecule has 2 aromatic carbocycles. The van der Waals surface area contributed by atoms with Gasteiger partial charge in [-0.25, -0.2) is 4.79 Å². The largest absolute Gasteiger partial charge is 0.454 e. The van der Waals surface area contributed by atoms with Gasteiger partial charge < -0.3 is 9.26 Å². The van der Waals surface area contributed by atoms with Crippen molar-refractivity contribution in [2.75, 3.05) is 0 Å². The van der Waals surface area contributed by atoms with Crippen molar-refractivity contribution in [2.45, 2.75) is 39.8 Å². The van der Waals surface area contributed by atoms with Gasteiger partial charge in [0.25, 0.3) is 5.89 Å². The molecule has 4 rings (SSSR count). The minimum absolute atomic E-state index is 0.130. The maximum Gasteiger partial charge on any atom is 0.330 e. The third-order valence-corrected chi connectivity index (χ3v) is 4.69. The molecule has 0 saturated carbocycles. The molecule has 9 nitrogen and oxygen atoms in total. The summed E-state index contributed by atoms with van der Waals surface area (Å²) in [4.78, 5) is 17.6. The van der Waals surface area contributed by atoms with Crippen LogP contribution in [0, 0.1) is 6.92 Å². The normalized spacial score (nSPS) is 11.1. The van der Waals surface area contributed by atoms with Crippen LogP contribution in [0.25, 0.3) is 22.8 Å². The van der Waals surface area contributed by atoms with E-state index >= 15 is 0 Å². The van der Waals surface area contributed by atoms with E-state index in [1.54, 1.807) is 0 Å². The highest BCUT2D eigenvalue weighted by Gasteiger charge is 2.14. The molecule has 0 amide bonds. The molecule has 0 aliphatic rings. The van der Waals surface area contributed by atoms with Gasteiger partial charge >= 0.3 is 5.97 Å². The molecule has 0 aliphatic heterocycles. The lowest BCUT2D eigenvalue weighted by atomic mass is 10.0. The van der Waals surface area contributed by atoms with Crippen LogP contribution in [0.3, 0.4) is 0 Å². The predicted octanol–water partition coefficient (Wildman–Crippen LogP) is 3.57. The summed E-state index contributed by atoms with van der Waals surface area (Å²) in [6, 6.07) is 15.7. The second kappa shape index (κ2) is 8.86. The molecule has 4 aromatic rings. The number of aryl methyl sites for hydroxylation is 1. The lowest BCUT2D eigenvalue weighted by molar-refractivity contribution is -0.147. The average molecular weight is 418 g/mol. The third-order valence-electron chi connectivity index (χ3n) is 4.69. The highest BCUT2D eigenvalue weighted by atomic mass is 16.6. The van der Waals surface area contributed by atoms with Crippen LogP contribution in [-0.4, -0.2) is 36.3 Å². The number of nitrogens with zero attached hydrogens (tertiary/aromatic N) is 6. The lowest BCUT2D eigenvalue weighted by Gasteiger charge is -2.04. The van der Waals surface area contributed by atoms with Crippen molar-refractivity contribution >= 4 is 5.97 Å². The van der Waals surface area contributed by atoms with E-state index in [9.17, 15) is 4.79 Å². The van der Waals surface area contributed by atoms with E-state index < -0.39 is 5.97 Å². The zero-order valence-electron chi connectivity index (χ0n) is 17.5. The fourth-order valence-corrected chi connectivity index (χ4v) is 2.88. The summed E-state index contributed by atoms with van der Waals surface area (Å²) in [5.74, 6) is 1.01. The van der Waals surface area contributed by atoms with Crippen molar-refractivity contribution in [3.8, 4) is 22.8 Å². The number of benzene rings is 2. The highest BCUT2D eigenvalue weighted by molar-refractivity contribution is 5.69. The lowest BCUT2D eigenvalue weighted by Crippen LogP contribution is -2.15. The number of ether oxygens (including phenoxy) is 1. The summed E-state index contributed by atoms with van der Waals surface area (Å²) in [5.41, 5.74) is 4.02. The van der Waals surface area contributed by atoms with Crippen LogP contribution in [0.4, 0.5) is 0 Å². The van der Waals surface area contributed by atoms with E-state index in [1.165, 1.54) is 10.4 Å². The zero-order valence-corrected chi connectivity index (χ0v) is 17.5. The van der Waals surface area contributed by atoms with Gasteiger partial charge in [0.05, 0.1) is 0 Å². The Bertz CT molecular complexity index is 1160. The van der Waals surface area contributed by atoms with E-state index in [2.05, 4.69) is 39.4 Å². The number of esters is 1. The Morgan fingerprint density at radius 1 is 1.03 bits per heavy atom. The van der Waals surface area contributed by atoms with E-state index in [0.29, 0.717) is 17.6 Å². The highest BCUT2D eigenvalue weighted by Crippen LogP contribution is 2.20. The Labute approximate surface area is 179 Å². The first-order valence-electron chi connectivity index (χ1n) is 9.91. The van der Waals surface area contributed by atoms with Crippen molar-refractivity contribution in [1.29, 1.82) is 0 Å². The Morgan fingerprint density at radius 2 is 1.71 bits per heavy atom. The van der Waals surface area contributed by atoms with Crippen molar-refractivity contribution in [1.82, 2.24) is 30.3 Å². The molecule has 2 aromatic heterocycles. The quantitative estimate of drug-likeness (QED) is 0.419. The summed E-state index contributed by atoms with van der Waals surface area (Å²) in [6.45, 7) is 5.97. The van der Waals surface area contributed by atoms with Gasteiger partial charge in [-0.05, 0) is 23.6 Å². The van der Waals surface area contributed by atoms with Gasteiger partial charge in [0, 0.05) is 11.1 Å². The SMILES string of the molecule is Cc1ccc(-c2nnn(CC(=O)OCc3nc(-c4ccc(C(C)C)cc4)no3)n2)cc1. The van der Waals surface area contributed by atoms with Gasteiger partial charge in [-0.15, -0.1) is 10.2 Å². The summed E-state index contributed by atoms with van der Waals surface area (Å²) >= 11 is 0. The maximum atomic E-state index is 12.1. The minimum Gasteiger partial charge on any atom is -0.454 e. The number of hydrogen-bond donors (Lipinski definition) is 0. The molecule has 0 atom stereocenters. The fraction of sp³-hybridized carbons (Fsp3) is 0.273. The van der Waals surface area contributed by atoms with E-state index in [-0.39, 0.29) is 19.0 Å². The van der Waals surface area contributed by atoms with Gasteiger partial charge in [0.2, 0.25) is 11.6 Å². The molecule has 0 N–H and O–H groups in total. The molecule has 158 valence electrons. The first-order valence-corrected chi connectivity index (χ1v) is 9.91. The molecule has 31 heavy (non-hydrogen) atoms. The number of tetrazole rings is 1. The van der Waals surface area contributed by atoms with Crippen LogP contribution in [0.5, 0.6) is 0 Å². The molecule has 0 spiro atoms. The van der Waals surface area contributed by atoms with Gasteiger partial charge in [-0.1, -0.05) is 73.1 Å². The molecular formula is C22H22N6O3. The van der Waals surface area contributed by atoms with Crippen LogP contribution in [0.1, 0.15) is 36.8 Å². The first kappa shape index (κ1) is 20.4. The second-order valence-corrected chi connectivity index (χ2v) is 7.46. The van der Waals surface area contributed by atoms with Gasteiger partial charge in [-0.3, -0.25) is 0 Å².